The number of para-hydroxylation sites is 1. The Balaban J connectivity index is 1.92. The second-order valence-corrected chi connectivity index (χ2v) is 7.50. The topological polar surface area (TPSA) is 63.7 Å². The van der Waals surface area contributed by atoms with Gasteiger partial charge in [0.15, 0.2) is 0 Å². The smallest absolute Gasteiger partial charge is 0.317 e. The molecule has 1 spiro atoms. The maximum absolute atomic E-state index is 13.5. The van der Waals surface area contributed by atoms with E-state index in [4.69, 9.17) is 4.74 Å². The number of allylic oxidation sites excluding steroid dienone is 1. The molecule has 4 rings (SSSR count). The highest BCUT2D eigenvalue weighted by Crippen LogP contribution is 2.52. The number of carbonyl (C=O) groups is 3. The Hall–Kier alpha value is -3.21. The lowest BCUT2D eigenvalue weighted by molar-refractivity contribution is -0.151. The van der Waals surface area contributed by atoms with E-state index in [1.54, 1.807) is 18.9 Å². The molecule has 1 heterocycles. The van der Waals surface area contributed by atoms with Crippen LogP contribution in [-0.2, 0) is 24.5 Å². The Bertz CT molecular complexity index is 1040. The summed E-state index contributed by atoms with van der Waals surface area (Å²) in [6, 6.07) is 15.3. The Kier molecular flexibility index (Phi) is 4.61. The first-order chi connectivity index (χ1) is 13.9. The fraction of sp³-hybridized carbons (Fsp3) is 0.292. The number of ketones is 1. The lowest BCUT2D eigenvalue weighted by Crippen LogP contribution is -2.42. The molecule has 29 heavy (non-hydrogen) atoms. The molecule has 2 aromatic carbocycles. The summed E-state index contributed by atoms with van der Waals surface area (Å²) in [5.74, 6) is -2.24. The zero-order valence-electron chi connectivity index (χ0n) is 16.7. The van der Waals surface area contributed by atoms with E-state index < -0.39 is 23.2 Å². The van der Waals surface area contributed by atoms with E-state index in [9.17, 15) is 14.4 Å². The second kappa shape index (κ2) is 6.99. The standard InChI is InChI=1S/C24H23NO4/c1-4-29-22(27)21(15(2)26)17-13-14-24(18-10-6-5-9-16(17)18)19-11-7-8-12-20(19)25(3)23(24)28/h5-14,17,21H,4H2,1-3H3/t17?,21?,24-/m0/s1. The van der Waals surface area contributed by atoms with Crippen molar-refractivity contribution < 1.29 is 19.1 Å². The summed E-state index contributed by atoms with van der Waals surface area (Å²) in [4.78, 5) is 40.1. The van der Waals surface area contributed by atoms with E-state index in [1.807, 2.05) is 60.7 Å². The fourth-order valence-corrected chi connectivity index (χ4v) is 4.69. The highest BCUT2D eigenvalue weighted by Gasteiger charge is 2.53. The van der Waals surface area contributed by atoms with Crippen LogP contribution in [0.15, 0.2) is 60.7 Å². The maximum Gasteiger partial charge on any atom is 0.317 e. The third kappa shape index (κ3) is 2.64. The number of carbonyl (C=O) groups excluding carboxylic acids is 3. The molecule has 5 heteroatoms. The largest absolute Gasteiger partial charge is 0.465 e. The molecule has 2 aromatic rings. The van der Waals surface area contributed by atoms with Crippen LogP contribution < -0.4 is 4.90 Å². The van der Waals surface area contributed by atoms with Crippen LogP contribution in [0.1, 0.15) is 36.5 Å². The minimum Gasteiger partial charge on any atom is -0.465 e. The highest BCUT2D eigenvalue weighted by atomic mass is 16.5. The molecule has 0 N–H and O–H groups in total. The van der Waals surface area contributed by atoms with Crippen LogP contribution >= 0.6 is 0 Å². The summed E-state index contributed by atoms with van der Waals surface area (Å²) in [7, 11) is 1.77. The third-order valence-electron chi connectivity index (χ3n) is 5.97. The third-order valence-corrected chi connectivity index (χ3v) is 5.97. The number of likely N-dealkylation sites (N-methyl/N-ethyl adjacent to an activating group) is 1. The molecule has 0 bridgehead atoms. The maximum atomic E-state index is 13.5. The number of hydrogen-bond donors (Lipinski definition) is 0. The van der Waals surface area contributed by atoms with Gasteiger partial charge in [0.1, 0.15) is 17.1 Å². The number of benzene rings is 2. The van der Waals surface area contributed by atoms with Gasteiger partial charge in [-0.2, -0.15) is 0 Å². The van der Waals surface area contributed by atoms with Gasteiger partial charge in [0, 0.05) is 18.7 Å². The minimum absolute atomic E-state index is 0.0450. The van der Waals surface area contributed by atoms with Gasteiger partial charge in [-0.25, -0.2) is 0 Å². The monoisotopic (exact) mass is 389 g/mol. The molecule has 2 unspecified atom stereocenters. The number of Topliss-reactive ketones (excluding diaryl/α,β-unsaturated/α-hetero) is 1. The fourth-order valence-electron chi connectivity index (χ4n) is 4.69. The van der Waals surface area contributed by atoms with Gasteiger partial charge in [-0.3, -0.25) is 14.4 Å². The SMILES string of the molecule is CCOC(=O)C(C(C)=O)C1C=C[C@]2(C(=O)N(C)c3ccccc32)c2ccccc21. The number of anilines is 1. The molecule has 0 saturated carbocycles. The number of fused-ring (bicyclic) bond motifs is 4. The van der Waals surface area contributed by atoms with E-state index in [1.165, 1.54) is 6.92 Å². The normalized spacial score (nSPS) is 22.9. The van der Waals surface area contributed by atoms with Crippen LogP contribution in [0.5, 0.6) is 0 Å². The van der Waals surface area contributed by atoms with Crippen molar-refractivity contribution >= 4 is 23.3 Å². The van der Waals surface area contributed by atoms with Crippen LogP contribution in [-0.4, -0.2) is 31.3 Å². The lowest BCUT2D eigenvalue weighted by atomic mass is 9.65. The molecular formula is C24H23NO4. The Morgan fingerprint density at radius 2 is 1.76 bits per heavy atom. The Morgan fingerprint density at radius 3 is 2.45 bits per heavy atom. The number of esters is 1. The quantitative estimate of drug-likeness (QED) is 0.457. The van der Waals surface area contributed by atoms with Gasteiger partial charge in [-0.05, 0) is 36.6 Å². The summed E-state index contributed by atoms with van der Waals surface area (Å²) in [6.07, 6.45) is 3.69. The summed E-state index contributed by atoms with van der Waals surface area (Å²) < 4.78 is 5.18. The average Bonchev–Trinajstić information content (AvgIpc) is 2.93. The molecule has 1 aliphatic carbocycles. The van der Waals surface area contributed by atoms with Crippen LogP contribution in [0.2, 0.25) is 0 Å². The van der Waals surface area contributed by atoms with E-state index in [0.717, 1.165) is 22.4 Å². The molecule has 1 amide bonds. The predicted molar refractivity (Wildman–Crippen MR) is 110 cm³/mol. The van der Waals surface area contributed by atoms with E-state index in [0.29, 0.717) is 0 Å². The van der Waals surface area contributed by atoms with Gasteiger partial charge >= 0.3 is 5.97 Å². The van der Waals surface area contributed by atoms with Crippen molar-refractivity contribution in [1.29, 1.82) is 0 Å². The lowest BCUT2D eigenvalue weighted by Gasteiger charge is -2.35. The van der Waals surface area contributed by atoms with Crippen molar-refractivity contribution in [3.05, 3.63) is 77.4 Å². The molecule has 3 atom stereocenters. The zero-order chi connectivity index (χ0) is 20.8. The van der Waals surface area contributed by atoms with Gasteiger partial charge in [0.05, 0.1) is 6.61 Å². The van der Waals surface area contributed by atoms with E-state index >= 15 is 0 Å². The first-order valence-electron chi connectivity index (χ1n) is 9.77. The van der Waals surface area contributed by atoms with Crippen LogP contribution in [0.3, 0.4) is 0 Å². The van der Waals surface area contributed by atoms with Gasteiger partial charge in [-0.1, -0.05) is 54.6 Å². The van der Waals surface area contributed by atoms with Crippen molar-refractivity contribution in [2.45, 2.75) is 25.2 Å². The molecule has 0 fully saturated rings. The Morgan fingerprint density at radius 1 is 1.10 bits per heavy atom. The average molecular weight is 389 g/mol. The first-order valence-corrected chi connectivity index (χ1v) is 9.77. The van der Waals surface area contributed by atoms with Crippen molar-refractivity contribution in [1.82, 2.24) is 0 Å². The number of amides is 1. The van der Waals surface area contributed by atoms with Crippen LogP contribution in [0.4, 0.5) is 5.69 Å². The minimum atomic E-state index is -0.950. The van der Waals surface area contributed by atoms with E-state index in [2.05, 4.69) is 0 Å². The van der Waals surface area contributed by atoms with Crippen molar-refractivity contribution in [2.75, 3.05) is 18.6 Å². The number of ether oxygens (including phenoxy) is 1. The van der Waals surface area contributed by atoms with Gasteiger partial charge in [-0.15, -0.1) is 0 Å². The zero-order valence-corrected chi connectivity index (χ0v) is 16.7. The van der Waals surface area contributed by atoms with Crippen molar-refractivity contribution in [2.24, 2.45) is 5.92 Å². The Labute approximate surface area is 170 Å². The van der Waals surface area contributed by atoms with Crippen molar-refractivity contribution in [3.63, 3.8) is 0 Å². The molecule has 0 saturated heterocycles. The van der Waals surface area contributed by atoms with Gasteiger partial charge in [0.25, 0.3) is 0 Å². The summed E-state index contributed by atoms with van der Waals surface area (Å²) in [5, 5.41) is 0. The van der Waals surface area contributed by atoms with Crippen molar-refractivity contribution in [3.8, 4) is 0 Å². The molecule has 2 aliphatic rings. The highest BCUT2D eigenvalue weighted by molar-refractivity contribution is 6.12. The summed E-state index contributed by atoms with van der Waals surface area (Å²) >= 11 is 0. The van der Waals surface area contributed by atoms with Gasteiger partial charge < -0.3 is 9.64 Å². The van der Waals surface area contributed by atoms with Crippen LogP contribution in [0, 0.1) is 5.92 Å². The van der Waals surface area contributed by atoms with E-state index in [-0.39, 0.29) is 18.3 Å². The molecule has 0 radical (unpaired) electrons. The molecule has 0 aromatic heterocycles. The van der Waals surface area contributed by atoms with Crippen LogP contribution in [0.25, 0.3) is 0 Å². The first kappa shape index (κ1) is 19.1. The molecule has 148 valence electrons. The predicted octanol–water partition coefficient (Wildman–Crippen LogP) is 3.37. The summed E-state index contributed by atoms with van der Waals surface area (Å²) in [5.41, 5.74) is 2.44. The molecular weight excluding hydrogens is 366 g/mol. The van der Waals surface area contributed by atoms with Gasteiger partial charge in [0.2, 0.25) is 5.91 Å². The molecule has 5 nitrogen and oxygen atoms in total. The second-order valence-electron chi connectivity index (χ2n) is 7.50. The number of nitrogens with zero attached hydrogens (tertiary/aromatic N) is 1. The molecule has 1 aliphatic heterocycles. The number of rotatable bonds is 4. The number of hydrogen-bond acceptors (Lipinski definition) is 4. The summed E-state index contributed by atoms with van der Waals surface area (Å²) in [6.45, 7) is 3.34.